The lowest BCUT2D eigenvalue weighted by Crippen LogP contribution is -2.30. The molecule has 25 heavy (non-hydrogen) atoms. The van der Waals surface area contributed by atoms with Crippen LogP contribution in [0.1, 0.15) is 17.3 Å². The summed E-state index contributed by atoms with van der Waals surface area (Å²) in [5.74, 6) is -1.28. The molecule has 0 aliphatic carbocycles. The normalized spacial score (nSPS) is 11.3. The number of para-hydroxylation sites is 1. The number of methoxy groups -OCH3 is 1. The van der Waals surface area contributed by atoms with Crippen molar-refractivity contribution in [2.24, 2.45) is 0 Å². The molecule has 1 N–H and O–H groups in total. The van der Waals surface area contributed by atoms with Crippen molar-refractivity contribution in [3.05, 3.63) is 64.2 Å². The summed E-state index contributed by atoms with van der Waals surface area (Å²) in [5.41, 5.74) is 0.170. The average molecular weight is 344 g/mol. The van der Waals surface area contributed by atoms with E-state index in [-0.39, 0.29) is 11.3 Å². The summed E-state index contributed by atoms with van der Waals surface area (Å²) in [7, 11) is 1.18. The van der Waals surface area contributed by atoms with E-state index in [0.29, 0.717) is 5.69 Å². The third-order valence-electron chi connectivity index (χ3n) is 3.29. The smallest absolute Gasteiger partial charge is 0.338 e. The maximum Gasteiger partial charge on any atom is 0.338 e. The second-order valence-corrected chi connectivity index (χ2v) is 5.05. The van der Waals surface area contributed by atoms with Gasteiger partial charge in [-0.15, -0.1) is 0 Å². The third-order valence-corrected chi connectivity index (χ3v) is 3.29. The Hall–Kier alpha value is -3.42. The molecule has 8 heteroatoms. The summed E-state index contributed by atoms with van der Waals surface area (Å²) >= 11 is 0. The molecule has 2 aromatic rings. The Morgan fingerprint density at radius 3 is 2.44 bits per heavy atom. The molecule has 130 valence electrons. The zero-order chi connectivity index (χ0) is 18.4. The summed E-state index contributed by atoms with van der Waals surface area (Å²) in [6.45, 7) is 1.47. The number of carbonyl (C=O) groups is 2. The van der Waals surface area contributed by atoms with Gasteiger partial charge in [0.25, 0.3) is 5.91 Å². The zero-order valence-corrected chi connectivity index (χ0v) is 13.6. The van der Waals surface area contributed by atoms with Crippen LogP contribution in [0.4, 0.5) is 11.4 Å². The fourth-order valence-electron chi connectivity index (χ4n) is 2.01. The van der Waals surface area contributed by atoms with Crippen LogP contribution in [-0.2, 0) is 9.53 Å². The highest BCUT2D eigenvalue weighted by Crippen LogP contribution is 2.29. The van der Waals surface area contributed by atoms with Crippen LogP contribution < -0.4 is 10.1 Å². The average Bonchev–Trinajstić information content (AvgIpc) is 2.61. The van der Waals surface area contributed by atoms with Crippen molar-refractivity contribution in [3.63, 3.8) is 0 Å². The number of nitro groups is 1. The number of nitrogens with zero attached hydrogens (tertiary/aromatic N) is 1. The molecule has 0 unspecified atom stereocenters. The van der Waals surface area contributed by atoms with Crippen molar-refractivity contribution in [1.82, 2.24) is 0 Å². The first-order chi connectivity index (χ1) is 11.9. The molecule has 1 amide bonds. The molecule has 0 saturated carbocycles. The van der Waals surface area contributed by atoms with E-state index >= 15 is 0 Å². The van der Waals surface area contributed by atoms with Gasteiger partial charge in [-0.05, 0) is 31.2 Å². The maximum absolute atomic E-state index is 12.1. The van der Waals surface area contributed by atoms with E-state index in [1.54, 1.807) is 24.3 Å². The predicted molar refractivity (Wildman–Crippen MR) is 89.6 cm³/mol. The monoisotopic (exact) mass is 344 g/mol. The Morgan fingerprint density at radius 2 is 1.84 bits per heavy atom. The Balaban J connectivity index is 2.16. The van der Waals surface area contributed by atoms with Gasteiger partial charge >= 0.3 is 11.7 Å². The van der Waals surface area contributed by atoms with E-state index in [1.165, 1.54) is 26.2 Å². The number of hydrogen-bond acceptors (Lipinski definition) is 6. The summed E-state index contributed by atoms with van der Waals surface area (Å²) in [6.07, 6.45) is -0.983. The van der Waals surface area contributed by atoms with E-state index in [0.717, 1.165) is 6.07 Å². The highest BCUT2D eigenvalue weighted by atomic mass is 16.6. The largest absolute Gasteiger partial charge is 0.474 e. The highest BCUT2D eigenvalue weighted by Gasteiger charge is 2.23. The van der Waals surface area contributed by atoms with E-state index in [1.807, 2.05) is 6.07 Å². The van der Waals surface area contributed by atoms with E-state index in [2.05, 4.69) is 10.1 Å². The lowest BCUT2D eigenvalue weighted by atomic mass is 10.2. The first-order valence-electron chi connectivity index (χ1n) is 7.31. The number of esters is 1. The predicted octanol–water partition coefficient (Wildman–Crippen LogP) is 2.79. The molecule has 2 rings (SSSR count). The van der Waals surface area contributed by atoms with Crippen molar-refractivity contribution < 1.29 is 24.0 Å². The summed E-state index contributed by atoms with van der Waals surface area (Å²) in [4.78, 5) is 34.1. The molecule has 0 saturated heterocycles. The SMILES string of the molecule is COC(=O)c1ccc(O[C@@H](C)C(=O)Nc2ccccc2)c([N+](=O)[O-])c1. The minimum absolute atomic E-state index is 0.0166. The Bertz CT molecular complexity index is 791. The number of amides is 1. The summed E-state index contributed by atoms with van der Waals surface area (Å²) < 4.78 is 9.93. The zero-order valence-electron chi connectivity index (χ0n) is 13.6. The van der Waals surface area contributed by atoms with Crippen LogP contribution in [0.25, 0.3) is 0 Å². The van der Waals surface area contributed by atoms with Gasteiger partial charge in [-0.25, -0.2) is 4.79 Å². The van der Waals surface area contributed by atoms with Crippen molar-refractivity contribution in [3.8, 4) is 5.75 Å². The van der Waals surface area contributed by atoms with Gasteiger partial charge < -0.3 is 14.8 Å². The topological polar surface area (TPSA) is 108 Å². The minimum atomic E-state index is -0.983. The number of nitrogens with one attached hydrogen (secondary N) is 1. The number of carbonyl (C=O) groups excluding carboxylic acids is 2. The number of ether oxygens (including phenoxy) is 2. The third kappa shape index (κ3) is 4.54. The summed E-state index contributed by atoms with van der Waals surface area (Å²) in [5, 5.41) is 13.8. The molecule has 8 nitrogen and oxygen atoms in total. The van der Waals surface area contributed by atoms with Crippen LogP contribution in [-0.4, -0.2) is 30.0 Å². The second-order valence-electron chi connectivity index (χ2n) is 5.05. The number of hydrogen-bond donors (Lipinski definition) is 1. The van der Waals surface area contributed by atoms with Gasteiger partial charge in [0.1, 0.15) is 0 Å². The molecule has 0 radical (unpaired) electrons. The quantitative estimate of drug-likeness (QED) is 0.490. The van der Waals surface area contributed by atoms with E-state index < -0.39 is 28.6 Å². The van der Waals surface area contributed by atoms with Gasteiger partial charge in [0.15, 0.2) is 11.9 Å². The van der Waals surface area contributed by atoms with Gasteiger partial charge in [-0.3, -0.25) is 14.9 Å². The van der Waals surface area contributed by atoms with E-state index in [4.69, 9.17) is 4.74 Å². The highest BCUT2D eigenvalue weighted by molar-refractivity contribution is 5.94. The Kier molecular flexibility index (Phi) is 5.67. The lowest BCUT2D eigenvalue weighted by molar-refractivity contribution is -0.386. The van der Waals surface area contributed by atoms with Gasteiger partial charge in [-0.2, -0.15) is 0 Å². The van der Waals surface area contributed by atoms with Crippen LogP contribution in [0.3, 0.4) is 0 Å². The molecule has 0 aliphatic rings. The summed E-state index contributed by atoms with van der Waals surface area (Å²) in [6, 6.07) is 12.4. The molecule has 0 aromatic heterocycles. The first kappa shape index (κ1) is 17.9. The van der Waals surface area contributed by atoms with Crippen LogP contribution in [0.2, 0.25) is 0 Å². The fourth-order valence-corrected chi connectivity index (χ4v) is 2.01. The van der Waals surface area contributed by atoms with Gasteiger partial charge in [-0.1, -0.05) is 18.2 Å². The molecule has 0 aliphatic heterocycles. The molecule has 0 fully saturated rings. The number of anilines is 1. The number of benzene rings is 2. The van der Waals surface area contributed by atoms with Crippen LogP contribution in [0.5, 0.6) is 5.75 Å². The molecule has 0 bridgehead atoms. The van der Waals surface area contributed by atoms with Gasteiger partial charge in [0.2, 0.25) is 0 Å². The Morgan fingerprint density at radius 1 is 1.16 bits per heavy atom. The van der Waals surface area contributed by atoms with Gasteiger partial charge in [0, 0.05) is 11.8 Å². The molecule has 0 heterocycles. The van der Waals surface area contributed by atoms with Crippen LogP contribution in [0, 0.1) is 10.1 Å². The standard InChI is InChI=1S/C17H16N2O6/c1-11(16(20)18-13-6-4-3-5-7-13)25-15-9-8-12(17(21)24-2)10-14(15)19(22)23/h3-11H,1-2H3,(H,18,20)/t11-/m0/s1. The molecule has 1 atom stereocenters. The van der Waals surface area contributed by atoms with Crippen molar-refractivity contribution >= 4 is 23.3 Å². The van der Waals surface area contributed by atoms with Gasteiger partial charge in [0.05, 0.1) is 17.6 Å². The van der Waals surface area contributed by atoms with E-state index in [9.17, 15) is 19.7 Å². The molecule has 2 aromatic carbocycles. The molecular weight excluding hydrogens is 328 g/mol. The number of rotatable bonds is 6. The Labute approximate surface area is 143 Å². The first-order valence-corrected chi connectivity index (χ1v) is 7.31. The number of nitro benzene ring substituents is 1. The van der Waals surface area contributed by atoms with Crippen molar-refractivity contribution in [2.75, 3.05) is 12.4 Å². The molecule has 0 spiro atoms. The second kappa shape index (κ2) is 7.91. The fraction of sp³-hybridized carbons (Fsp3) is 0.176. The van der Waals surface area contributed by atoms with Crippen LogP contribution in [0.15, 0.2) is 48.5 Å². The van der Waals surface area contributed by atoms with Crippen LogP contribution >= 0.6 is 0 Å². The lowest BCUT2D eigenvalue weighted by Gasteiger charge is -2.15. The minimum Gasteiger partial charge on any atom is -0.474 e. The maximum atomic E-state index is 12.1. The van der Waals surface area contributed by atoms with Crippen molar-refractivity contribution in [1.29, 1.82) is 0 Å². The van der Waals surface area contributed by atoms with Crippen molar-refractivity contribution in [2.45, 2.75) is 13.0 Å². The molecular formula is C17H16N2O6.